The van der Waals surface area contributed by atoms with Crippen molar-refractivity contribution in [2.75, 3.05) is 17.7 Å². The molecular formula is C12H17N5OS. The molecule has 0 aliphatic heterocycles. The van der Waals surface area contributed by atoms with E-state index in [1.807, 2.05) is 25.3 Å². The fraction of sp³-hybridized carbons (Fsp3) is 0.417. The lowest BCUT2D eigenvalue weighted by atomic mass is 10.0. The molecule has 1 amide bonds. The molecule has 2 aromatic rings. The quantitative estimate of drug-likeness (QED) is 0.776. The maximum Gasteiger partial charge on any atom is 0.225 e. The largest absolute Gasteiger partial charge is 0.370 e. The van der Waals surface area contributed by atoms with Gasteiger partial charge in [-0.15, -0.1) is 11.3 Å². The van der Waals surface area contributed by atoms with Gasteiger partial charge in [0.2, 0.25) is 11.9 Å². The fourth-order valence-electron chi connectivity index (χ4n) is 1.86. The van der Waals surface area contributed by atoms with Crippen molar-refractivity contribution in [1.29, 1.82) is 0 Å². The van der Waals surface area contributed by atoms with Gasteiger partial charge in [0.25, 0.3) is 0 Å². The number of nitrogens with one attached hydrogen (secondary N) is 2. The minimum absolute atomic E-state index is 0.234. The molecule has 0 aliphatic carbocycles. The van der Waals surface area contributed by atoms with Gasteiger partial charge in [-0.3, -0.25) is 4.79 Å². The summed E-state index contributed by atoms with van der Waals surface area (Å²) in [5, 5.41) is 9.11. The molecule has 0 unspecified atom stereocenters. The Balaban J connectivity index is 2.38. The second kappa shape index (κ2) is 5.00. The summed E-state index contributed by atoms with van der Waals surface area (Å²) in [6.07, 6.45) is 0.234. The van der Waals surface area contributed by atoms with E-state index in [1.165, 1.54) is 0 Å². The van der Waals surface area contributed by atoms with E-state index in [1.54, 1.807) is 18.4 Å². The number of hydrogen-bond donors (Lipinski definition) is 3. The van der Waals surface area contributed by atoms with Crippen molar-refractivity contribution in [3.63, 3.8) is 0 Å². The number of aromatic nitrogens is 2. The summed E-state index contributed by atoms with van der Waals surface area (Å²) >= 11 is 1.55. The second-order valence-electron chi connectivity index (χ2n) is 4.94. The highest BCUT2D eigenvalue weighted by Gasteiger charge is 2.22. The minimum Gasteiger partial charge on any atom is -0.370 e. The van der Waals surface area contributed by atoms with Crippen LogP contribution in [0.2, 0.25) is 0 Å². The van der Waals surface area contributed by atoms with Crippen molar-refractivity contribution >= 4 is 39.2 Å². The molecule has 0 spiro atoms. The Labute approximate surface area is 115 Å². The standard InChI is InChI=1S/C12H17N5OS/c1-12(2,6-8(13)18)17-9-7-4-5-19-10(7)16-11(14-3)15-9/h4-5H,6H2,1-3H3,(H2,13,18)(H2,14,15,16,17). The van der Waals surface area contributed by atoms with Crippen molar-refractivity contribution < 1.29 is 4.79 Å². The summed E-state index contributed by atoms with van der Waals surface area (Å²) in [7, 11) is 1.77. The van der Waals surface area contributed by atoms with E-state index < -0.39 is 5.54 Å². The molecular weight excluding hydrogens is 262 g/mol. The zero-order chi connectivity index (χ0) is 14.0. The van der Waals surface area contributed by atoms with Gasteiger partial charge >= 0.3 is 0 Å². The monoisotopic (exact) mass is 279 g/mol. The van der Waals surface area contributed by atoms with Crippen molar-refractivity contribution in [1.82, 2.24) is 9.97 Å². The van der Waals surface area contributed by atoms with Gasteiger partial charge in [-0.05, 0) is 25.3 Å². The molecule has 4 N–H and O–H groups in total. The lowest BCUT2D eigenvalue weighted by Crippen LogP contribution is -2.36. The van der Waals surface area contributed by atoms with Crippen LogP contribution in [0.25, 0.3) is 10.2 Å². The SMILES string of the molecule is CNc1nc(NC(C)(C)CC(N)=O)c2ccsc2n1. The highest BCUT2D eigenvalue weighted by atomic mass is 32.1. The summed E-state index contributed by atoms with van der Waals surface area (Å²) in [5.41, 5.74) is 4.80. The van der Waals surface area contributed by atoms with Gasteiger partial charge in [-0.25, -0.2) is 4.98 Å². The van der Waals surface area contributed by atoms with Gasteiger partial charge in [0.1, 0.15) is 10.6 Å². The number of nitrogens with zero attached hydrogens (tertiary/aromatic N) is 2. The number of carbonyl (C=O) groups excluding carboxylic acids is 1. The third kappa shape index (κ3) is 3.11. The molecule has 19 heavy (non-hydrogen) atoms. The lowest BCUT2D eigenvalue weighted by Gasteiger charge is -2.25. The molecule has 0 fully saturated rings. The van der Waals surface area contributed by atoms with Crippen molar-refractivity contribution in [3.05, 3.63) is 11.4 Å². The predicted molar refractivity (Wildman–Crippen MR) is 78.5 cm³/mol. The number of thiophene rings is 1. The predicted octanol–water partition coefficient (Wildman–Crippen LogP) is 1.80. The molecule has 7 heteroatoms. The molecule has 102 valence electrons. The van der Waals surface area contributed by atoms with E-state index in [4.69, 9.17) is 5.73 Å². The Hall–Kier alpha value is -1.89. The molecule has 0 saturated heterocycles. The first-order valence-corrected chi connectivity index (χ1v) is 6.79. The van der Waals surface area contributed by atoms with Gasteiger partial charge in [-0.2, -0.15) is 4.98 Å². The molecule has 0 atom stereocenters. The molecule has 0 radical (unpaired) electrons. The average molecular weight is 279 g/mol. The van der Waals surface area contributed by atoms with Crippen molar-refractivity contribution in [2.45, 2.75) is 25.8 Å². The molecule has 2 heterocycles. The van der Waals surface area contributed by atoms with Crippen LogP contribution in [-0.4, -0.2) is 28.5 Å². The third-order valence-electron chi connectivity index (χ3n) is 2.62. The van der Waals surface area contributed by atoms with E-state index in [0.717, 1.165) is 10.2 Å². The number of carbonyl (C=O) groups is 1. The highest BCUT2D eigenvalue weighted by Crippen LogP contribution is 2.28. The van der Waals surface area contributed by atoms with Gasteiger partial charge in [-0.1, -0.05) is 0 Å². The number of amides is 1. The number of primary amides is 1. The van der Waals surface area contributed by atoms with Crippen LogP contribution >= 0.6 is 11.3 Å². The Kier molecular flexibility index (Phi) is 3.57. The topological polar surface area (TPSA) is 92.9 Å². The Bertz CT molecular complexity index is 607. The maximum absolute atomic E-state index is 11.1. The summed E-state index contributed by atoms with van der Waals surface area (Å²) in [4.78, 5) is 20.8. The first-order valence-electron chi connectivity index (χ1n) is 5.91. The summed E-state index contributed by atoms with van der Waals surface area (Å²) in [6.45, 7) is 3.83. The van der Waals surface area contributed by atoms with Crippen LogP contribution in [0.5, 0.6) is 0 Å². The normalized spacial score (nSPS) is 11.5. The number of nitrogens with two attached hydrogens (primary N) is 1. The molecule has 6 nitrogen and oxygen atoms in total. The first kappa shape index (κ1) is 13.5. The zero-order valence-electron chi connectivity index (χ0n) is 11.2. The average Bonchev–Trinajstić information content (AvgIpc) is 2.74. The van der Waals surface area contributed by atoms with Crippen LogP contribution in [0.1, 0.15) is 20.3 Å². The van der Waals surface area contributed by atoms with Crippen molar-refractivity contribution in [2.24, 2.45) is 5.73 Å². The van der Waals surface area contributed by atoms with E-state index in [9.17, 15) is 4.79 Å². The second-order valence-corrected chi connectivity index (χ2v) is 5.83. The van der Waals surface area contributed by atoms with Gasteiger partial charge in [0.15, 0.2) is 0 Å². The van der Waals surface area contributed by atoms with E-state index >= 15 is 0 Å². The number of hydrogen-bond acceptors (Lipinski definition) is 6. The molecule has 2 rings (SSSR count). The molecule has 0 saturated carbocycles. The van der Waals surface area contributed by atoms with Crippen LogP contribution in [0.3, 0.4) is 0 Å². The Morgan fingerprint density at radius 2 is 2.21 bits per heavy atom. The molecule has 0 aromatic carbocycles. The molecule has 0 bridgehead atoms. The Morgan fingerprint density at radius 3 is 2.84 bits per heavy atom. The summed E-state index contributed by atoms with van der Waals surface area (Å²) < 4.78 is 0. The minimum atomic E-state index is -0.458. The third-order valence-corrected chi connectivity index (χ3v) is 3.43. The molecule has 2 aromatic heterocycles. The Morgan fingerprint density at radius 1 is 1.47 bits per heavy atom. The van der Waals surface area contributed by atoms with Crippen LogP contribution in [0, 0.1) is 0 Å². The first-order chi connectivity index (χ1) is 8.91. The van der Waals surface area contributed by atoms with Crippen LogP contribution < -0.4 is 16.4 Å². The van der Waals surface area contributed by atoms with E-state index in [0.29, 0.717) is 11.8 Å². The van der Waals surface area contributed by atoms with Crippen LogP contribution in [0.4, 0.5) is 11.8 Å². The number of anilines is 2. The summed E-state index contributed by atoms with van der Waals surface area (Å²) in [5.74, 6) is 0.913. The smallest absolute Gasteiger partial charge is 0.225 e. The number of rotatable bonds is 5. The fourth-order valence-corrected chi connectivity index (χ4v) is 2.63. The van der Waals surface area contributed by atoms with E-state index in [-0.39, 0.29) is 12.3 Å². The van der Waals surface area contributed by atoms with E-state index in [2.05, 4.69) is 20.6 Å². The van der Waals surface area contributed by atoms with Crippen LogP contribution in [0.15, 0.2) is 11.4 Å². The number of fused-ring (bicyclic) bond motifs is 1. The summed E-state index contributed by atoms with van der Waals surface area (Å²) in [6, 6.07) is 1.96. The van der Waals surface area contributed by atoms with Gasteiger partial charge < -0.3 is 16.4 Å². The maximum atomic E-state index is 11.1. The lowest BCUT2D eigenvalue weighted by molar-refractivity contribution is -0.118. The van der Waals surface area contributed by atoms with Crippen molar-refractivity contribution in [3.8, 4) is 0 Å². The highest BCUT2D eigenvalue weighted by molar-refractivity contribution is 7.16. The van der Waals surface area contributed by atoms with Crippen LogP contribution in [-0.2, 0) is 4.79 Å². The van der Waals surface area contributed by atoms with Gasteiger partial charge in [0.05, 0.1) is 5.39 Å². The zero-order valence-corrected chi connectivity index (χ0v) is 12.0. The van der Waals surface area contributed by atoms with Gasteiger partial charge in [0, 0.05) is 19.0 Å². The molecule has 0 aliphatic rings.